The maximum atomic E-state index is 9.54. The van der Waals surface area contributed by atoms with Crippen LogP contribution in [0.25, 0.3) is 0 Å². The van der Waals surface area contributed by atoms with E-state index in [1.165, 1.54) is 6.42 Å². The van der Waals surface area contributed by atoms with E-state index in [2.05, 4.69) is 0 Å². The fraction of sp³-hybridized carbons (Fsp3) is 0.500. The van der Waals surface area contributed by atoms with Crippen LogP contribution >= 0.6 is 0 Å². The average Bonchev–Trinajstić information content (AvgIpc) is 1.35. The van der Waals surface area contributed by atoms with Crippen molar-refractivity contribution in [3.05, 3.63) is 6.42 Å². The summed E-state index contributed by atoms with van der Waals surface area (Å²) in [5, 5.41) is 7.86. The zero-order valence-corrected chi connectivity index (χ0v) is 7.06. The Labute approximate surface area is 68.2 Å². The molecule has 0 aliphatic rings. The molecular weight excluding hydrogens is 169 g/mol. The zero-order valence-electron chi connectivity index (χ0n) is 4.22. The van der Waals surface area contributed by atoms with E-state index in [9.17, 15) is 4.79 Å². The molecule has 0 spiro atoms. The number of carboxylic acids is 1. The van der Waals surface area contributed by atoms with Crippen LogP contribution in [-0.4, -0.2) is 11.1 Å². The molecule has 7 heavy (non-hydrogen) atoms. The van der Waals surface area contributed by atoms with Crippen LogP contribution in [0.5, 0.6) is 0 Å². The molecule has 0 bridgehead atoms. The molecule has 0 aromatic heterocycles. The molecule has 0 unspecified atom stereocenters. The van der Waals surface area contributed by atoms with Crippen molar-refractivity contribution >= 4 is 5.97 Å². The van der Waals surface area contributed by atoms with Crippen molar-refractivity contribution in [2.24, 2.45) is 0 Å². The Hall–Kier alpha value is 0.444. The molecule has 1 N–H and O–H groups in total. The number of carboxylic acid groups (broad SMARTS) is 1. The summed E-state index contributed by atoms with van der Waals surface area (Å²) in [5.74, 6) is -0.836. The summed E-state index contributed by atoms with van der Waals surface area (Å²) in [5.41, 5.74) is 0. The van der Waals surface area contributed by atoms with Crippen molar-refractivity contribution in [3.8, 4) is 0 Å². The first kappa shape index (κ1) is 10.4. The van der Waals surface area contributed by atoms with Crippen molar-refractivity contribution in [1.29, 1.82) is 0 Å². The molecular formula is C4H7O2Y-. The Balaban J connectivity index is 0. The minimum atomic E-state index is -0.836. The molecule has 0 rings (SSSR count). The zero-order chi connectivity index (χ0) is 4.99. The number of hydrogen-bond donors (Lipinski definition) is 1. The second-order valence-electron chi connectivity index (χ2n) is 0.951. The normalized spacial score (nSPS) is 6.43. The Morgan fingerprint density at radius 1 is 1.86 bits per heavy atom. The van der Waals surface area contributed by atoms with Gasteiger partial charge >= 0.3 is 0 Å². The van der Waals surface area contributed by atoms with Crippen LogP contribution in [0.15, 0.2) is 0 Å². The average molecular weight is 176 g/mol. The van der Waals surface area contributed by atoms with Gasteiger partial charge in [-0.1, -0.05) is 6.92 Å². The summed E-state index contributed by atoms with van der Waals surface area (Å²) in [7, 11) is 0. The molecule has 3 heteroatoms. The van der Waals surface area contributed by atoms with Gasteiger partial charge in [-0.2, -0.15) is 6.42 Å². The monoisotopic (exact) mass is 176 g/mol. The topological polar surface area (TPSA) is 37.3 Å². The van der Waals surface area contributed by atoms with Crippen molar-refractivity contribution in [3.63, 3.8) is 0 Å². The Morgan fingerprint density at radius 3 is 2.29 bits per heavy atom. The van der Waals surface area contributed by atoms with Crippen molar-refractivity contribution in [2.45, 2.75) is 13.3 Å². The van der Waals surface area contributed by atoms with E-state index in [0.29, 0.717) is 6.42 Å². The number of aliphatic carboxylic acids is 1. The molecule has 1 radical (unpaired) electrons. The third kappa shape index (κ3) is 10.7. The van der Waals surface area contributed by atoms with E-state index in [4.69, 9.17) is 5.11 Å². The Bertz CT molecular complexity index is 53.7. The van der Waals surface area contributed by atoms with Crippen LogP contribution in [0.4, 0.5) is 0 Å². The van der Waals surface area contributed by atoms with Crippen LogP contribution in [0.1, 0.15) is 13.3 Å². The molecule has 39 valence electrons. The van der Waals surface area contributed by atoms with E-state index in [1.54, 1.807) is 6.92 Å². The van der Waals surface area contributed by atoms with Gasteiger partial charge in [0.25, 0.3) is 0 Å². The third-order valence-corrected chi connectivity index (χ3v) is 0.379. The summed E-state index contributed by atoms with van der Waals surface area (Å²) in [4.78, 5) is 9.54. The molecule has 0 aromatic rings. The van der Waals surface area contributed by atoms with Gasteiger partial charge in [-0.25, -0.2) is 0 Å². The first-order chi connectivity index (χ1) is 2.77. The Morgan fingerprint density at radius 2 is 2.29 bits per heavy atom. The van der Waals surface area contributed by atoms with Gasteiger partial charge in [-0.15, -0.1) is 0 Å². The van der Waals surface area contributed by atoms with E-state index >= 15 is 0 Å². The summed E-state index contributed by atoms with van der Waals surface area (Å²) >= 11 is 0. The molecule has 0 aromatic carbocycles. The number of hydrogen-bond acceptors (Lipinski definition) is 1. The van der Waals surface area contributed by atoms with Gasteiger partial charge in [0.05, 0.1) is 0 Å². The third-order valence-electron chi connectivity index (χ3n) is 0.379. The fourth-order valence-corrected chi connectivity index (χ4v) is 0.175. The second-order valence-corrected chi connectivity index (χ2v) is 0.951. The molecule has 0 aliphatic carbocycles. The van der Waals surface area contributed by atoms with Gasteiger partial charge in [0.2, 0.25) is 0 Å². The van der Waals surface area contributed by atoms with Crippen molar-refractivity contribution in [2.75, 3.05) is 0 Å². The van der Waals surface area contributed by atoms with Crippen LogP contribution in [0.2, 0.25) is 0 Å². The predicted octanol–water partition coefficient (Wildman–Crippen LogP) is 0.683. The van der Waals surface area contributed by atoms with Crippen molar-refractivity contribution < 1.29 is 42.6 Å². The van der Waals surface area contributed by atoms with Gasteiger partial charge in [-0.05, 0) is 0 Å². The molecule has 0 heterocycles. The molecule has 0 saturated carbocycles. The minimum absolute atomic E-state index is 0. The first-order valence-corrected chi connectivity index (χ1v) is 1.83. The molecule has 0 fully saturated rings. The van der Waals surface area contributed by atoms with Crippen LogP contribution < -0.4 is 0 Å². The van der Waals surface area contributed by atoms with Gasteiger partial charge < -0.3 is 5.11 Å². The molecule has 0 amide bonds. The van der Waals surface area contributed by atoms with Gasteiger partial charge in [0, 0.05) is 32.7 Å². The standard InChI is InChI=1S/C4H7O2.Y/c1-2-3-4(5)6;/h3H,2H2,1H3,(H,5,6);/q-1;. The maximum absolute atomic E-state index is 9.54. The van der Waals surface area contributed by atoms with E-state index in [1.807, 2.05) is 0 Å². The van der Waals surface area contributed by atoms with E-state index in [0.717, 1.165) is 0 Å². The first-order valence-electron chi connectivity index (χ1n) is 1.83. The minimum Gasteiger partial charge on any atom is -0.503 e. The summed E-state index contributed by atoms with van der Waals surface area (Å²) < 4.78 is 0. The molecule has 0 aliphatic heterocycles. The second kappa shape index (κ2) is 6.44. The van der Waals surface area contributed by atoms with Crippen LogP contribution in [0, 0.1) is 6.42 Å². The van der Waals surface area contributed by atoms with Gasteiger partial charge in [0.1, 0.15) is 0 Å². The summed E-state index contributed by atoms with van der Waals surface area (Å²) in [6.07, 6.45) is 1.81. The number of rotatable bonds is 2. The Kier molecular flexibility index (Phi) is 9.60. The van der Waals surface area contributed by atoms with Crippen LogP contribution in [0.3, 0.4) is 0 Å². The van der Waals surface area contributed by atoms with Crippen molar-refractivity contribution in [1.82, 2.24) is 0 Å². The summed E-state index contributed by atoms with van der Waals surface area (Å²) in [6.45, 7) is 1.79. The van der Waals surface area contributed by atoms with Gasteiger partial charge in [0.15, 0.2) is 5.97 Å². The molecule has 2 nitrogen and oxygen atoms in total. The predicted molar refractivity (Wildman–Crippen MR) is 22.2 cm³/mol. The largest absolute Gasteiger partial charge is 0.503 e. The number of carbonyl (C=O) groups is 1. The van der Waals surface area contributed by atoms with E-state index < -0.39 is 5.97 Å². The SMILES string of the molecule is CC[CH-]C(=O)O.[Y]. The summed E-state index contributed by atoms with van der Waals surface area (Å²) in [6, 6.07) is 0. The van der Waals surface area contributed by atoms with E-state index in [-0.39, 0.29) is 32.7 Å². The fourth-order valence-electron chi connectivity index (χ4n) is 0.175. The quantitative estimate of drug-likeness (QED) is 0.628. The molecule has 0 atom stereocenters. The maximum Gasteiger partial charge on any atom is 0.163 e. The molecule has 0 saturated heterocycles. The van der Waals surface area contributed by atoms with Gasteiger partial charge in [-0.3, -0.25) is 11.2 Å². The smallest absolute Gasteiger partial charge is 0.163 e. The van der Waals surface area contributed by atoms with Crippen LogP contribution in [-0.2, 0) is 37.5 Å².